The molecule has 24 heavy (non-hydrogen) atoms. The third-order valence-electron chi connectivity index (χ3n) is 4.33. The molecule has 0 unspecified atom stereocenters. The number of carbonyl (C=O) groups excluding carboxylic acids is 1. The van der Waals surface area contributed by atoms with E-state index >= 15 is 0 Å². The molecule has 0 bridgehead atoms. The van der Waals surface area contributed by atoms with Crippen molar-refractivity contribution in [2.45, 2.75) is 26.2 Å². The first-order valence-corrected chi connectivity index (χ1v) is 8.75. The fourth-order valence-corrected chi connectivity index (χ4v) is 3.79. The van der Waals surface area contributed by atoms with Crippen molar-refractivity contribution in [3.63, 3.8) is 0 Å². The van der Waals surface area contributed by atoms with E-state index in [4.69, 9.17) is 4.52 Å². The van der Waals surface area contributed by atoms with E-state index in [0.29, 0.717) is 24.7 Å². The third kappa shape index (κ3) is 2.63. The molecule has 122 valence electrons. The second kappa shape index (κ2) is 5.87. The molecule has 0 aliphatic carbocycles. The highest BCUT2D eigenvalue weighted by Gasteiger charge is 2.34. The van der Waals surface area contributed by atoms with Crippen LogP contribution in [-0.4, -0.2) is 22.6 Å². The average Bonchev–Trinajstić information content (AvgIpc) is 3.27. The van der Waals surface area contributed by atoms with E-state index < -0.39 is 0 Å². The minimum Gasteiger partial charge on any atom is -0.333 e. The molecule has 1 aliphatic heterocycles. The largest absolute Gasteiger partial charge is 0.333 e. The fourth-order valence-electron chi connectivity index (χ4n) is 2.94. The molecule has 1 saturated heterocycles. The molecular weight excluding hydrogens is 322 g/mol. The average molecular weight is 339 g/mol. The Bertz CT molecular complexity index is 882. The molecule has 5 nitrogen and oxygen atoms in total. The predicted octanol–water partition coefficient (Wildman–Crippen LogP) is 3.94. The number of anilines is 1. The summed E-state index contributed by atoms with van der Waals surface area (Å²) >= 11 is 1.58. The molecular formula is C18H17N3O2S. The molecule has 2 aromatic heterocycles. The van der Waals surface area contributed by atoms with Crippen molar-refractivity contribution in [1.29, 1.82) is 0 Å². The molecule has 0 radical (unpaired) electrons. The van der Waals surface area contributed by atoms with Crippen LogP contribution < -0.4 is 4.90 Å². The van der Waals surface area contributed by atoms with E-state index in [1.807, 2.05) is 49.6 Å². The van der Waals surface area contributed by atoms with Gasteiger partial charge in [-0.15, -0.1) is 11.3 Å². The Balaban J connectivity index is 1.56. The van der Waals surface area contributed by atoms with Gasteiger partial charge in [0.15, 0.2) is 5.82 Å². The zero-order valence-electron chi connectivity index (χ0n) is 13.5. The Hall–Kier alpha value is -2.47. The summed E-state index contributed by atoms with van der Waals surface area (Å²) in [6.45, 7) is 4.64. The molecule has 1 amide bonds. The first-order valence-electron chi connectivity index (χ1n) is 7.87. The number of carbonyl (C=O) groups is 1. The van der Waals surface area contributed by atoms with Gasteiger partial charge >= 0.3 is 0 Å². The molecule has 0 spiro atoms. The van der Waals surface area contributed by atoms with Gasteiger partial charge in [-0.05, 0) is 43.0 Å². The molecule has 1 aliphatic rings. The number of aryl methyl sites for hydroxylation is 2. The number of aromatic nitrogens is 2. The van der Waals surface area contributed by atoms with Crippen molar-refractivity contribution in [3.05, 3.63) is 52.7 Å². The van der Waals surface area contributed by atoms with E-state index in [1.165, 1.54) is 5.56 Å². The highest BCUT2D eigenvalue weighted by Crippen LogP contribution is 2.33. The summed E-state index contributed by atoms with van der Waals surface area (Å²) in [7, 11) is 0. The summed E-state index contributed by atoms with van der Waals surface area (Å²) in [5.41, 5.74) is 3.22. The number of thiophene rings is 1. The summed E-state index contributed by atoms with van der Waals surface area (Å²) in [5.74, 6) is 1.22. The van der Waals surface area contributed by atoms with Crippen LogP contribution in [0.15, 0.2) is 40.2 Å². The summed E-state index contributed by atoms with van der Waals surface area (Å²) in [4.78, 5) is 19.7. The lowest BCUT2D eigenvalue weighted by Crippen LogP contribution is -2.24. The second-order valence-electron chi connectivity index (χ2n) is 6.13. The zero-order chi connectivity index (χ0) is 16.7. The summed E-state index contributed by atoms with van der Waals surface area (Å²) in [6.07, 6.45) is 0.413. The second-order valence-corrected chi connectivity index (χ2v) is 7.05. The zero-order valence-corrected chi connectivity index (χ0v) is 14.3. The van der Waals surface area contributed by atoms with Crippen LogP contribution in [0, 0.1) is 13.8 Å². The van der Waals surface area contributed by atoms with Gasteiger partial charge in [0, 0.05) is 24.6 Å². The van der Waals surface area contributed by atoms with Crippen LogP contribution in [0.1, 0.15) is 29.3 Å². The van der Waals surface area contributed by atoms with Crippen molar-refractivity contribution < 1.29 is 9.32 Å². The van der Waals surface area contributed by atoms with Crippen LogP contribution in [0.25, 0.3) is 10.8 Å². The smallest absolute Gasteiger partial charge is 0.268 e. The molecule has 1 aromatic carbocycles. The molecule has 0 N–H and O–H groups in total. The van der Waals surface area contributed by atoms with Crippen LogP contribution in [0.4, 0.5) is 5.69 Å². The minimum absolute atomic E-state index is 0.0310. The number of rotatable bonds is 3. The molecule has 6 heteroatoms. The molecule has 4 rings (SSSR count). The maximum atomic E-state index is 12.4. The van der Waals surface area contributed by atoms with Crippen molar-refractivity contribution in [2.24, 2.45) is 0 Å². The molecule has 3 heterocycles. The SMILES string of the molecule is Cc1ccc(N2C[C@@H](c3noc(-c4sccc4C)n3)CC2=O)cc1. The number of hydrogen-bond donors (Lipinski definition) is 0. The lowest BCUT2D eigenvalue weighted by molar-refractivity contribution is -0.117. The Labute approximate surface area is 143 Å². The molecule has 1 atom stereocenters. The lowest BCUT2D eigenvalue weighted by atomic mass is 10.1. The molecule has 0 saturated carbocycles. The first kappa shape index (κ1) is 15.1. The van der Waals surface area contributed by atoms with Crippen molar-refractivity contribution in [3.8, 4) is 10.8 Å². The Morgan fingerprint density at radius 1 is 1.21 bits per heavy atom. The molecule has 1 fully saturated rings. The summed E-state index contributed by atoms with van der Waals surface area (Å²) in [6, 6.07) is 10.0. The normalized spacial score (nSPS) is 17.7. The van der Waals surface area contributed by atoms with Gasteiger partial charge in [0.05, 0.1) is 4.88 Å². The number of benzene rings is 1. The van der Waals surface area contributed by atoms with Gasteiger partial charge in [0.2, 0.25) is 5.91 Å². The van der Waals surface area contributed by atoms with Gasteiger partial charge in [-0.1, -0.05) is 22.9 Å². The van der Waals surface area contributed by atoms with Gasteiger partial charge in [-0.25, -0.2) is 0 Å². The Morgan fingerprint density at radius 3 is 2.71 bits per heavy atom. The quantitative estimate of drug-likeness (QED) is 0.725. The van der Waals surface area contributed by atoms with Gasteiger partial charge in [0.1, 0.15) is 0 Å². The van der Waals surface area contributed by atoms with Gasteiger partial charge < -0.3 is 9.42 Å². The number of hydrogen-bond acceptors (Lipinski definition) is 5. The standard InChI is InChI=1S/C18H17N3O2S/c1-11-3-5-14(6-4-11)21-10-13(9-15(21)22)17-19-18(23-20-17)16-12(2)7-8-24-16/h3-8,13H,9-10H2,1-2H3/t13-/m0/s1. The fraction of sp³-hybridized carbons (Fsp3) is 0.278. The van der Waals surface area contributed by atoms with E-state index in [0.717, 1.165) is 16.1 Å². The summed E-state index contributed by atoms with van der Waals surface area (Å²) in [5, 5.41) is 6.12. The minimum atomic E-state index is -0.0310. The summed E-state index contributed by atoms with van der Waals surface area (Å²) < 4.78 is 5.41. The van der Waals surface area contributed by atoms with Gasteiger partial charge in [0.25, 0.3) is 5.89 Å². The monoisotopic (exact) mass is 339 g/mol. The predicted molar refractivity (Wildman–Crippen MR) is 93.2 cm³/mol. The first-order chi connectivity index (χ1) is 11.6. The van der Waals surface area contributed by atoms with Crippen LogP contribution in [-0.2, 0) is 4.79 Å². The highest BCUT2D eigenvalue weighted by molar-refractivity contribution is 7.13. The topological polar surface area (TPSA) is 59.2 Å². The van der Waals surface area contributed by atoms with Gasteiger partial charge in [-0.3, -0.25) is 4.79 Å². The number of nitrogens with zero attached hydrogens (tertiary/aromatic N) is 3. The van der Waals surface area contributed by atoms with Crippen LogP contribution >= 0.6 is 11.3 Å². The Morgan fingerprint density at radius 2 is 2.00 bits per heavy atom. The van der Waals surface area contributed by atoms with E-state index in [2.05, 4.69) is 10.1 Å². The lowest BCUT2D eigenvalue weighted by Gasteiger charge is -2.16. The third-order valence-corrected chi connectivity index (χ3v) is 5.34. The van der Waals surface area contributed by atoms with Gasteiger partial charge in [-0.2, -0.15) is 4.98 Å². The number of amides is 1. The highest BCUT2D eigenvalue weighted by atomic mass is 32.1. The van der Waals surface area contributed by atoms with Crippen molar-refractivity contribution in [1.82, 2.24) is 10.1 Å². The Kier molecular flexibility index (Phi) is 3.69. The maximum Gasteiger partial charge on any atom is 0.268 e. The van der Waals surface area contributed by atoms with Crippen LogP contribution in [0.3, 0.4) is 0 Å². The van der Waals surface area contributed by atoms with E-state index in [9.17, 15) is 4.79 Å². The van der Waals surface area contributed by atoms with E-state index in [1.54, 1.807) is 16.2 Å². The maximum absolute atomic E-state index is 12.4. The van der Waals surface area contributed by atoms with Crippen molar-refractivity contribution >= 4 is 22.9 Å². The van der Waals surface area contributed by atoms with Crippen LogP contribution in [0.5, 0.6) is 0 Å². The van der Waals surface area contributed by atoms with Crippen LogP contribution in [0.2, 0.25) is 0 Å². The molecule has 3 aromatic rings. The van der Waals surface area contributed by atoms with E-state index in [-0.39, 0.29) is 11.8 Å². The van der Waals surface area contributed by atoms with Crippen molar-refractivity contribution in [2.75, 3.05) is 11.4 Å².